The van der Waals surface area contributed by atoms with Gasteiger partial charge in [0, 0.05) is 19.2 Å². The highest BCUT2D eigenvalue weighted by Gasteiger charge is 2.30. The molecule has 2 heterocycles. The molecule has 1 saturated heterocycles. The van der Waals surface area contributed by atoms with Crippen LogP contribution in [0, 0.1) is 0 Å². The Labute approximate surface area is 114 Å². The number of alkyl halides is 1. The quantitative estimate of drug-likeness (QED) is 0.791. The number of hydrogen-bond donors (Lipinski definition) is 0. The van der Waals surface area contributed by atoms with E-state index >= 15 is 0 Å². The number of anilines is 1. The number of thiazole rings is 1. The number of hydrogen-bond acceptors (Lipinski definition) is 3. The number of aromatic nitrogens is 1. The number of halogens is 1. The van der Waals surface area contributed by atoms with Crippen LogP contribution in [0.2, 0.25) is 0 Å². The van der Waals surface area contributed by atoms with Gasteiger partial charge in [0.05, 0.1) is 10.3 Å². The second-order valence-electron chi connectivity index (χ2n) is 4.18. The van der Waals surface area contributed by atoms with Gasteiger partial charge in [0.2, 0.25) is 5.91 Å². The third kappa shape index (κ3) is 2.13. The summed E-state index contributed by atoms with van der Waals surface area (Å²) in [4.78, 5) is 18.8. The Balaban J connectivity index is 1.88. The topological polar surface area (TPSA) is 33.2 Å². The first-order chi connectivity index (χ1) is 8.74. The second-order valence-corrected chi connectivity index (χ2v) is 5.81. The average Bonchev–Trinajstić information content (AvgIpc) is 2.97. The molecule has 1 amide bonds. The van der Waals surface area contributed by atoms with E-state index in [2.05, 4.69) is 4.98 Å². The van der Waals surface area contributed by atoms with E-state index in [1.54, 1.807) is 4.90 Å². The van der Waals surface area contributed by atoms with Gasteiger partial charge < -0.3 is 0 Å². The molecule has 1 aromatic heterocycles. The van der Waals surface area contributed by atoms with Crippen LogP contribution >= 0.6 is 22.9 Å². The van der Waals surface area contributed by atoms with Crippen molar-refractivity contribution < 1.29 is 4.79 Å². The Kier molecular flexibility index (Phi) is 3.06. The van der Waals surface area contributed by atoms with Crippen LogP contribution in [0.5, 0.6) is 0 Å². The van der Waals surface area contributed by atoms with Crippen molar-refractivity contribution in [3.8, 4) is 10.4 Å². The van der Waals surface area contributed by atoms with Crippen molar-refractivity contribution in [2.24, 2.45) is 0 Å². The number of benzene rings is 1. The first-order valence-corrected chi connectivity index (χ1v) is 6.95. The van der Waals surface area contributed by atoms with Crippen LogP contribution in [0.25, 0.3) is 10.4 Å². The average molecular weight is 279 g/mol. The predicted octanol–water partition coefficient (Wildman–Crippen LogP) is 3.15. The molecule has 1 fully saturated rings. The van der Waals surface area contributed by atoms with E-state index < -0.39 is 0 Å². The Morgan fingerprint density at radius 3 is 2.78 bits per heavy atom. The lowest BCUT2D eigenvalue weighted by Crippen LogP contribution is -2.24. The fourth-order valence-electron chi connectivity index (χ4n) is 1.97. The molecule has 1 aliphatic rings. The molecular weight excluding hydrogens is 268 g/mol. The molecule has 0 spiro atoms. The first kappa shape index (κ1) is 11.7. The first-order valence-electron chi connectivity index (χ1n) is 5.70. The van der Waals surface area contributed by atoms with Gasteiger partial charge in [-0.1, -0.05) is 41.7 Å². The minimum absolute atomic E-state index is 0.0592. The highest BCUT2D eigenvalue weighted by molar-refractivity contribution is 7.19. The largest absolute Gasteiger partial charge is 0.287 e. The van der Waals surface area contributed by atoms with Crippen LogP contribution < -0.4 is 4.90 Å². The minimum atomic E-state index is -0.0958. The normalized spacial score (nSPS) is 19.5. The Morgan fingerprint density at radius 2 is 2.11 bits per heavy atom. The van der Waals surface area contributed by atoms with Crippen LogP contribution in [0.3, 0.4) is 0 Å². The monoisotopic (exact) mass is 278 g/mol. The SMILES string of the molecule is O=C1CC(Cl)CN1c1ncc(-c2ccccc2)s1. The van der Waals surface area contributed by atoms with Crippen molar-refractivity contribution in [2.75, 3.05) is 11.4 Å². The van der Waals surface area contributed by atoms with E-state index in [-0.39, 0.29) is 11.3 Å². The zero-order valence-electron chi connectivity index (χ0n) is 9.54. The number of amides is 1. The lowest BCUT2D eigenvalue weighted by atomic mass is 10.2. The smallest absolute Gasteiger partial charge is 0.230 e. The number of rotatable bonds is 2. The van der Waals surface area contributed by atoms with Gasteiger partial charge in [-0.05, 0) is 5.56 Å². The van der Waals surface area contributed by atoms with Crippen molar-refractivity contribution in [3.05, 3.63) is 36.5 Å². The van der Waals surface area contributed by atoms with Crippen LogP contribution in [-0.2, 0) is 4.79 Å². The molecule has 0 radical (unpaired) electrons. The van der Waals surface area contributed by atoms with Gasteiger partial charge in [0.25, 0.3) is 0 Å². The number of nitrogens with zero attached hydrogens (tertiary/aromatic N) is 2. The molecule has 1 aromatic carbocycles. The summed E-state index contributed by atoms with van der Waals surface area (Å²) in [5.41, 5.74) is 1.12. The Bertz CT molecular complexity index is 569. The molecule has 0 bridgehead atoms. The Hall–Kier alpha value is -1.39. The molecule has 18 heavy (non-hydrogen) atoms. The van der Waals surface area contributed by atoms with E-state index in [1.165, 1.54) is 11.3 Å². The van der Waals surface area contributed by atoms with Crippen LogP contribution in [-0.4, -0.2) is 22.8 Å². The molecule has 1 aliphatic heterocycles. The lowest BCUT2D eigenvalue weighted by molar-refractivity contribution is -0.117. The summed E-state index contributed by atoms with van der Waals surface area (Å²) in [7, 11) is 0. The molecule has 3 nitrogen and oxygen atoms in total. The molecule has 1 unspecified atom stereocenters. The maximum atomic E-state index is 11.7. The maximum Gasteiger partial charge on any atom is 0.230 e. The maximum absolute atomic E-state index is 11.7. The molecule has 5 heteroatoms. The molecular formula is C13H11ClN2OS. The van der Waals surface area contributed by atoms with Gasteiger partial charge in [-0.3, -0.25) is 9.69 Å². The zero-order valence-corrected chi connectivity index (χ0v) is 11.1. The van der Waals surface area contributed by atoms with E-state index in [9.17, 15) is 4.79 Å². The zero-order chi connectivity index (χ0) is 12.5. The van der Waals surface area contributed by atoms with Gasteiger partial charge in [-0.25, -0.2) is 4.98 Å². The van der Waals surface area contributed by atoms with Gasteiger partial charge >= 0.3 is 0 Å². The summed E-state index contributed by atoms with van der Waals surface area (Å²) < 4.78 is 0. The number of carbonyl (C=O) groups is 1. The van der Waals surface area contributed by atoms with Crippen molar-refractivity contribution >= 4 is 34.0 Å². The van der Waals surface area contributed by atoms with E-state index in [4.69, 9.17) is 11.6 Å². The van der Waals surface area contributed by atoms with Crippen LogP contribution in [0.15, 0.2) is 36.5 Å². The summed E-state index contributed by atoms with van der Waals surface area (Å²) >= 11 is 7.51. The third-order valence-corrected chi connectivity index (χ3v) is 4.22. The summed E-state index contributed by atoms with van der Waals surface area (Å²) in [5, 5.41) is 0.642. The van der Waals surface area contributed by atoms with Crippen molar-refractivity contribution in [3.63, 3.8) is 0 Å². The highest BCUT2D eigenvalue weighted by atomic mass is 35.5. The van der Waals surface area contributed by atoms with E-state index in [0.717, 1.165) is 15.6 Å². The van der Waals surface area contributed by atoms with Crippen molar-refractivity contribution in [1.82, 2.24) is 4.98 Å². The third-order valence-electron chi connectivity index (χ3n) is 2.86. The van der Waals surface area contributed by atoms with Gasteiger partial charge in [0.15, 0.2) is 5.13 Å². The molecule has 1 atom stereocenters. The molecule has 0 saturated carbocycles. The van der Waals surface area contributed by atoms with Crippen LogP contribution in [0.1, 0.15) is 6.42 Å². The fourth-order valence-corrected chi connectivity index (χ4v) is 3.19. The molecule has 3 rings (SSSR count). The fraction of sp³-hybridized carbons (Fsp3) is 0.231. The summed E-state index contributed by atoms with van der Waals surface area (Å²) in [6.07, 6.45) is 2.21. The second kappa shape index (κ2) is 4.71. The standard InChI is InChI=1S/C13H11ClN2OS/c14-10-6-12(17)16(8-10)13-15-7-11(18-13)9-4-2-1-3-5-9/h1-5,7,10H,6,8H2. The van der Waals surface area contributed by atoms with Gasteiger partial charge in [-0.2, -0.15) is 0 Å². The number of carbonyl (C=O) groups excluding carboxylic acids is 1. The highest BCUT2D eigenvalue weighted by Crippen LogP contribution is 2.33. The van der Waals surface area contributed by atoms with Gasteiger partial charge in [0.1, 0.15) is 0 Å². The molecule has 0 N–H and O–H groups in total. The molecule has 92 valence electrons. The van der Waals surface area contributed by atoms with E-state index in [1.807, 2.05) is 36.5 Å². The van der Waals surface area contributed by atoms with Gasteiger partial charge in [-0.15, -0.1) is 11.6 Å². The lowest BCUT2D eigenvalue weighted by Gasteiger charge is -2.10. The Morgan fingerprint density at radius 1 is 1.33 bits per heavy atom. The summed E-state index contributed by atoms with van der Waals surface area (Å²) in [5.74, 6) is 0.0592. The minimum Gasteiger partial charge on any atom is -0.287 e. The molecule has 0 aliphatic carbocycles. The summed E-state index contributed by atoms with van der Waals surface area (Å²) in [6, 6.07) is 10.0. The van der Waals surface area contributed by atoms with Crippen LogP contribution in [0.4, 0.5) is 5.13 Å². The van der Waals surface area contributed by atoms with E-state index in [0.29, 0.717) is 13.0 Å². The summed E-state index contributed by atoms with van der Waals surface area (Å²) in [6.45, 7) is 0.558. The van der Waals surface area contributed by atoms with Crippen molar-refractivity contribution in [1.29, 1.82) is 0 Å². The molecule has 2 aromatic rings. The van der Waals surface area contributed by atoms with Crippen molar-refractivity contribution in [2.45, 2.75) is 11.8 Å². The predicted molar refractivity (Wildman–Crippen MR) is 74.2 cm³/mol.